The van der Waals surface area contributed by atoms with Crippen LogP contribution in [0.4, 0.5) is 0 Å². The number of aromatic nitrogens is 1. The third-order valence-corrected chi connectivity index (χ3v) is 2.82. The highest BCUT2D eigenvalue weighted by Gasteiger charge is 2.10. The Kier molecular flexibility index (Phi) is 3.03. The molecule has 2 aromatic rings. The van der Waals surface area contributed by atoms with Crippen molar-refractivity contribution in [3.63, 3.8) is 0 Å². The second-order valence-electron chi connectivity index (χ2n) is 3.04. The maximum atomic E-state index is 10.7. The Morgan fingerprint density at radius 1 is 1.59 bits per heavy atom. The zero-order chi connectivity index (χ0) is 12.3. The maximum absolute atomic E-state index is 10.7. The van der Waals surface area contributed by atoms with Gasteiger partial charge < -0.3 is 9.84 Å². The number of thiophene rings is 1. The summed E-state index contributed by atoms with van der Waals surface area (Å²) in [7, 11) is 0. The number of ether oxygens (including phenoxy) is 1. The summed E-state index contributed by atoms with van der Waals surface area (Å²) in [5, 5.41) is 19.2. The molecular formula is C11H6N2O3S. The molecule has 0 saturated carbocycles. The van der Waals surface area contributed by atoms with E-state index in [9.17, 15) is 4.79 Å². The average molecular weight is 246 g/mol. The van der Waals surface area contributed by atoms with Crippen LogP contribution in [0, 0.1) is 11.3 Å². The van der Waals surface area contributed by atoms with Crippen molar-refractivity contribution >= 4 is 17.3 Å². The van der Waals surface area contributed by atoms with Gasteiger partial charge in [0.05, 0.1) is 11.8 Å². The van der Waals surface area contributed by atoms with Gasteiger partial charge in [0.1, 0.15) is 16.7 Å². The number of aromatic carboxylic acids is 1. The van der Waals surface area contributed by atoms with Crippen LogP contribution in [0.2, 0.25) is 0 Å². The van der Waals surface area contributed by atoms with Crippen LogP contribution in [0.3, 0.4) is 0 Å². The summed E-state index contributed by atoms with van der Waals surface area (Å²) >= 11 is 1.06. The van der Waals surface area contributed by atoms with Crippen LogP contribution in [0.25, 0.3) is 0 Å². The first-order chi connectivity index (χ1) is 8.20. The highest BCUT2D eigenvalue weighted by atomic mass is 32.1. The first kappa shape index (κ1) is 11.1. The molecule has 0 bridgehead atoms. The fourth-order valence-corrected chi connectivity index (χ4v) is 1.81. The molecule has 5 nitrogen and oxygen atoms in total. The van der Waals surface area contributed by atoms with E-state index in [0.717, 1.165) is 11.3 Å². The molecule has 0 saturated heterocycles. The van der Waals surface area contributed by atoms with Crippen LogP contribution in [0.1, 0.15) is 15.2 Å². The lowest BCUT2D eigenvalue weighted by atomic mass is 10.3. The molecule has 0 fully saturated rings. The Balaban J connectivity index is 2.26. The Bertz CT molecular complexity index is 601. The molecule has 84 valence electrons. The van der Waals surface area contributed by atoms with E-state index in [0.29, 0.717) is 17.1 Å². The second-order valence-corrected chi connectivity index (χ2v) is 3.95. The lowest BCUT2D eigenvalue weighted by Crippen LogP contribution is -1.91. The van der Waals surface area contributed by atoms with Crippen LogP contribution in [0.5, 0.6) is 11.5 Å². The minimum Gasteiger partial charge on any atom is -0.477 e. The van der Waals surface area contributed by atoms with E-state index in [-0.39, 0.29) is 4.88 Å². The van der Waals surface area contributed by atoms with Crippen LogP contribution >= 0.6 is 11.3 Å². The lowest BCUT2D eigenvalue weighted by Gasteiger charge is -2.03. The lowest BCUT2D eigenvalue weighted by molar-refractivity contribution is 0.0702. The molecule has 0 atom stereocenters. The molecule has 0 radical (unpaired) electrons. The first-order valence-electron chi connectivity index (χ1n) is 4.54. The van der Waals surface area contributed by atoms with Gasteiger partial charge in [-0.15, -0.1) is 11.3 Å². The Morgan fingerprint density at radius 3 is 3.06 bits per heavy atom. The van der Waals surface area contributed by atoms with E-state index in [2.05, 4.69) is 4.98 Å². The largest absolute Gasteiger partial charge is 0.477 e. The van der Waals surface area contributed by atoms with E-state index in [4.69, 9.17) is 15.1 Å². The number of nitrogens with zero attached hydrogens (tertiary/aromatic N) is 2. The van der Waals surface area contributed by atoms with Gasteiger partial charge in [-0.1, -0.05) is 0 Å². The molecule has 0 spiro atoms. The smallest absolute Gasteiger partial charge is 0.346 e. The molecule has 0 aliphatic heterocycles. The summed E-state index contributed by atoms with van der Waals surface area (Å²) < 4.78 is 5.39. The fourth-order valence-electron chi connectivity index (χ4n) is 1.17. The van der Waals surface area contributed by atoms with Crippen molar-refractivity contribution in [3.8, 4) is 17.6 Å². The second kappa shape index (κ2) is 4.63. The van der Waals surface area contributed by atoms with E-state index in [1.165, 1.54) is 24.5 Å². The predicted octanol–water partition coefficient (Wildman–Crippen LogP) is 2.51. The number of carboxylic acid groups (broad SMARTS) is 1. The van der Waals surface area contributed by atoms with Gasteiger partial charge in [-0.2, -0.15) is 5.26 Å². The van der Waals surface area contributed by atoms with Gasteiger partial charge in [-0.3, -0.25) is 4.98 Å². The Labute approximate surface area is 101 Å². The number of nitriles is 1. The zero-order valence-corrected chi connectivity index (χ0v) is 9.27. The molecule has 1 N–H and O–H groups in total. The van der Waals surface area contributed by atoms with Crippen molar-refractivity contribution in [2.24, 2.45) is 0 Å². The van der Waals surface area contributed by atoms with Gasteiger partial charge in [-0.25, -0.2) is 4.79 Å². The van der Waals surface area contributed by atoms with Crippen LogP contribution in [0.15, 0.2) is 29.9 Å². The van der Waals surface area contributed by atoms with Crippen molar-refractivity contribution in [2.75, 3.05) is 0 Å². The van der Waals surface area contributed by atoms with Gasteiger partial charge in [0, 0.05) is 17.6 Å². The third-order valence-electron chi connectivity index (χ3n) is 1.92. The van der Waals surface area contributed by atoms with Crippen molar-refractivity contribution in [1.29, 1.82) is 5.26 Å². The van der Waals surface area contributed by atoms with E-state index >= 15 is 0 Å². The molecule has 0 aliphatic rings. The highest BCUT2D eigenvalue weighted by Crippen LogP contribution is 2.28. The maximum Gasteiger partial charge on any atom is 0.346 e. The number of pyridine rings is 1. The molecule has 17 heavy (non-hydrogen) atoms. The molecule has 0 amide bonds. The normalized spacial score (nSPS) is 9.59. The SMILES string of the molecule is N#Cc1ccncc1Oc1csc(C(=O)O)c1. The average Bonchev–Trinajstić information content (AvgIpc) is 2.78. The van der Waals surface area contributed by atoms with Gasteiger partial charge in [0.15, 0.2) is 5.75 Å². The quantitative estimate of drug-likeness (QED) is 0.899. The van der Waals surface area contributed by atoms with E-state index < -0.39 is 5.97 Å². The summed E-state index contributed by atoms with van der Waals surface area (Å²) in [5.41, 5.74) is 0.350. The number of carboxylic acids is 1. The molecule has 0 unspecified atom stereocenters. The number of carbonyl (C=O) groups is 1. The van der Waals surface area contributed by atoms with E-state index in [1.54, 1.807) is 5.38 Å². The summed E-state index contributed by atoms with van der Waals surface area (Å²) in [6, 6.07) is 4.90. The Morgan fingerprint density at radius 2 is 2.41 bits per heavy atom. The monoisotopic (exact) mass is 246 g/mol. The minimum atomic E-state index is -1.00. The fraction of sp³-hybridized carbons (Fsp3) is 0. The molecule has 2 rings (SSSR count). The van der Waals surface area contributed by atoms with Crippen molar-refractivity contribution in [2.45, 2.75) is 0 Å². The van der Waals surface area contributed by atoms with Gasteiger partial charge in [-0.05, 0) is 6.07 Å². The number of hydrogen-bond acceptors (Lipinski definition) is 5. The molecule has 2 aromatic heterocycles. The summed E-state index contributed by atoms with van der Waals surface area (Å²) in [4.78, 5) is 14.7. The zero-order valence-electron chi connectivity index (χ0n) is 8.45. The molecular weight excluding hydrogens is 240 g/mol. The van der Waals surface area contributed by atoms with Crippen LogP contribution < -0.4 is 4.74 Å². The van der Waals surface area contributed by atoms with Crippen LogP contribution in [-0.4, -0.2) is 16.1 Å². The Hall–Kier alpha value is -2.39. The summed E-state index contributed by atoms with van der Waals surface area (Å²) in [6.45, 7) is 0. The van der Waals surface area contributed by atoms with E-state index in [1.807, 2.05) is 6.07 Å². The standard InChI is InChI=1S/C11H6N2O3S/c12-4-7-1-2-13-5-9(7)16-8-3-10(11(14)15)17-6-8/h1-3,5-6H,(H,14,15). The number of rotatable bonds is 3. The van der Waals surface area contributed by atoms with Gasteiger partial charge in [0.2, 0.25) is 0 Å². The summed E-state index contributed by atoms with van der Waals surface area (Å²) in [6.07, 6.45) is 2.90. The molecule has 6 heteroatoms. The minimum absolute atomic E-state index is 0.183. The van der Waals surface area contributed by atoms with Crippen molar-refractivity contribution in [1.82, 2.24) is 4.98 Å². The van der Waals surface area contributed by atoms with Gasteiger partial charge in [0.25, 0.3) is 0 Å². The van der Waals surface area contributed by atoms with Crippen molar-refractivity contribution < 1.29 is 14.6 Å². The topological polar surface area (TPSA) is 83.2 Å². The van der Waals surface area contributed by atoms with Crippen LogP contribution in [-0.2, 0) is 0 Å². The van der Waals surface area contributed by atoms with Crippen molar-refractivity contribution in [3.05, 3.63) is 40.3 Å². The first-order valence-corrected chi connectivity index (χ1v) is 5.42. The van der Waals surface area contributed by atoms with Gasteiger partial charge >= 0.3 is 5.97 Å². The third kappa shape index (κ3) is 2.41. The summed E-state index contributed by atoms with van der Waals surface area (Å²) in [5.74, 6) is -0.307. The predicted molar refractivity (Wildman–Crippen MR) is 60.3 cm³/mol. The molecule has 0 aliphatic carbocycles. The molecule has 2 heterocycles. The highest BCUT2D eigenvalue weighted by molar-refractivity contribution is 7.12. The number of hydrogen-bond donors (Lipinski definition) is 1. The molecule has 0 aromatic carbocycles.